The molecule has 0 atom stereocenters. The second-order valence-electron chi connectivity index (χ2n) is 4.95. The number of aromatic nitrogens is 2. The van der Waals surface area contributed by atoms with Gasteiger partial charge in [-0.25, -0.2) is 9.37 Å². The highest BCUT2D eigenvalue weighted by Gasteiger charge is 2.17. The van der Waals surface area contributed by atoms with Gasteiger partial charge in [0, 0.05) is 45.1 Å². The van der Waals surface area contributed by atoms with Gasteiger partial charge in [-0.15, -0.1) is 0 Å². The molecule has 0 saturated carbocycles. The molecule has 5 heteroatoms. The third-order valence-electron chi connectivity index (χ3n) is 3.56. The lowest BCUT2D eigenvalue weighted by Crippen LogP contribution is -2.46. The molecular formula is C15H17FN4. The molecule has 3 rings (SSSR count). The number of hydrogen-bond donors (Lipinski definition) is 0. The smallest absolute Gasteiger partial charge is 0.141 e. The molecule has 20 heavy (non-hydrogen) atoms. The zero-order valence-electron chi connectivity index (χ0n) is 11.2. The quantitative estimate of drug-likeness (QED) is 0.854. The van der Waals surface area contributed by atoms with E-state index in [0.717, 1.165) is 38.5 Å². The topological polar surface area (TPSA) is 32.3 Å². The van der Waals surface area contributed by atoms with Crippen LogP contribution in [0.4, 0.5) is 10.2 Å². The normalized spacial score (nSPS) is 16.4. The third-order valence-corrected chi connectivity index (χ3v) is 3.56. The fourth-order valence-corrected chi connectivity index (χ4v) is 2.44. The molecule has 2 aromatic heterocycles. The van der Waals surface area contributed by atoms with Crippen molar-refractivity contribution in [2.45, 2.75) is 6.54 Å². The van der Waals surface area contributed by atoms with Crippen molar-refractivity contribution in [3.63, 3.8) is 0 Å². The first-order valence-electron chi connectivity index (χ1n) is 6.79. The van der Waals surface area contributed by atoms with Crippen LogP contribution in [-0.4, -0.2) is 41.0 Å². The summed E-state index contributed by atoms with van der Waals surface area (Å²) in [5.74, 6) is 0.569. The van der Waals surface area contributed by atoms with Crippen molar-refractivity contribution in [1.29, 1.82) is 0 Å². The van der Waals surface area contributed by atoms with Gasteiger partial charge in [-0.3, -0.25) is 9.88 Å². The maximum Gasteiger partial charge on any atom is 0.141 e. The van der Waals surface area contributed by atoms with E-state index in [1.807, 2.05) is 24.5 Å². The molecule has 0 aromatic carbocycles. The molecular weight excluding hydrogens is 255 g/mol. The van der Waals surface area contributed by atoms with Crippen LogP contribution >= 0.6 is 0 Å². The summed E-state index contributed by atoms with van der Waals surface area (Å²) in [5, 5.41) is 0. The zero-order valence-corrected chi connectivity index (χ0v) is 11.2. The van der Waals surface area contributed by atoms with E-state index < -0.39 is 0 Å². The highest BCUT2D eigenvalue weighted by molar-refractivity contribution is 5.38. The average Bonchev–Trinajstić information content (AvgIpc) is 2.50. The minimum absolute atomic E-state index is 0.287. The fraction of sp³-hybridized carbons (Fsp3) is 0.333. The van der Waals surface area contributed by atoms with Gasteiger partial charge in [0.2, 0.25) is 0 Å². The van der Waals surface area contributed by atoms with Crippen LogP contribution < -0.4 is 4.90 Å². The predicted molar refractivity (Wildman–Crippen MR) is 75.9 cm³/mol. The zero-order chi connectivity index (χ0) is 13.8. The second kappa shape index (κ2) is 5.96. The lowest BCUT2D eigenvalue weighted by Gasteiger charge is -2.35. The van der Waals surface area contributed by atoms with Gasteiger partial charge in [-0.05, 0) is 29.8 Å². The number of hydrogen-bond acceptors (Lipinski definition) is 4. The molecule has 1 fully saturated rings. The van der Waals surface area contributed by atoms with Crippen LogP contribution in [0.1, 0.15) is 5.56 Å². The van der Waals surface area contributed by atoms with E-state index >= 15 is 0 Å². The Balaban J connectivity index is 1.55. The molecule has 0 spiro atoms. The summed E-state index contributed by atoms with van der Waals surface area (Å²) in [5.41, 5.74) is 1.29. The molecule has 0 amide bonds. The van der Waals surface area contributed by atoms with Crippen LogP contribution in [0.25, 0.3) is 0 Å². The second-order valence-corrected chi connectivity index (χ2v) is 4.95. The SMILES string of the molecule is Fc1ccc(N2CCN(Cc3ccncc3)CC2)nc1. The first-order valence-corrected chi connectivity index (χ1v) is 6.79. The van der Waals surface area contributed by atoms with Crippen LogP contribution in [0.2, 0.25) is 0 Å². The summed E-state index contributed by atoms with van der Waals surface area (Å²) >= 11 is 0. The number of rotatable bonds is 3. The van der Waals surface area contributed by atoms with Crippen LogP contribution in [0.15, 0.2) is 42.9 Å². The Kier molecular flexibility index (Phi) is 3.87. The Morgan fingerprint density at radius 3 is 2.40 bits per heavy atom. The lowest BCUT2D eigenvalue weighted by molar-refractivity contribution is 0.249. The number of anilines is 1. The minimum Gasteiger partial charge on any atom is -0.354 e. The molecule has 1 aliphatic heterocycles. The summed E-state index contributed by atoms with van der Waals surface area (Å²) in [7, 11) is 0. The van der Waals surface area contributed by atoms with Crippen molar-refractivity contribution in [2.24, 2.45) is 0 Å². The third kappa shape index (κ3) is 3.11. The Morgan fingerprint density at radius 2 is 1.75 bits per heavy atom. The van der Waals surface area contributed by atoms with Gasteiger partial charge in [-0.1, -0.05) is 0 Å². The molecule has 0 unspecified atom stereocenters. The van der Waals surface area contributed by atoms with Gasteiger partial charge in [-0.2, -0.15) is 0 Å². The number of halogens is 1. The van der Waals surface area contributed by atoms with Crippen molar-refractivity contribution >= 4 is 5.82 Å². The van der Waals surface area contributed by atoms with E-state index in [9.17, 15) is 4.39 Å². The largest absolute Gasteiger partial charge is 0.354 e. The number of nitrogens with zero attached hydrogens (tertiary/aromatic N) is 4. The standard InChI is InChI=1S/C15H17FN4/c16-14-1-2-15(18-11-14)20-9-7-19(8-10-20)12-13-3-5-17-6-4-13/h1-6,11H,7-10,12H2. The molecule has 0 N–H and O–H groups in total. The van der Waals surface area contributed by atoms with Crippen LogP contribution in [-0.2, 0) is 6.54 Å². The van der Waals surface area contributed by atoms with Gasteiger partial charge >= 0.3 is 0 Å². The van der Waals surface area contributed by atoms with Crippen molar-refractivity contribution in [2.75, 3.05) is 31.1 Å². The minimum atomic E-state index is -0.287. The highest BCUT2D eigenvalue weighted by atomic mass is 19.1. The summed E-state index contributed by atoms with van der Waals surface area (Å²) in [6.45, 7) is 4.77. The van der Waals surface area contributed by atoms with Crippen molar-refractivity contribution in [3.8, 4) is 0 Å². The van der Waals surface area contributed by atoms with Crippen LogP contribution in [0, 0.1) is 5.82 Å². The van der Waals surface area contributed by atoms with Gasteiger partial charge in [0.25, 0.3) is 0 Å². The number of piperazine rings is 1. The summed E-state index contributed by atoms with van der Waals surface area (Å²) in [4.78, 5) is 12.8. The summed E-state index contributed by atoms with van der Waals surface area (Å²) < 4.78 is 12.9. The van der Waals surface area contributed by atoms with Gasteiger partial charge in [0.15, 0.2) is 0 Å². The summed E-state index contributed by atoms with van der Waals surface area (Å²) in [6, 6.07) is 7.31. The Hall–Kier alpha value is -2.01. The Bertz CT molecular complexity index is 536. The van der Waals surface area contributed by atoms with E-state index in [1.165, 1.54) is 17.8 Å². The van der Waals surface area contributed by atoms with Gasteiger partial charge in [0.1, 0.15) is 11.6 Å². The molecule has 1 aliphatic rings. The van der Waals surface area contributed by atoms with Gasteiger partial charge < -0.3 is 4.90 Å². The van der Waals surface area contributed by atoms with E-state index in [2.05, 4.69) is 19.8 Å². The molecule has 3 heterocycles. The first kappa shape index (κ1) is 13.0. The van der Waals surface area contributed by atoms with Crippen molar-refractivity contribution in [1.82, 2.24) is 14.9 Å². The Morgan fingerprint density at radius 1 is 1.00 bits per heavy atom. The maximum absolute atomic E-state index is 12.9. The van der Waals surface area contributed by atoms with Crippen molar-refractivity contribution < 1.29 is 4.39 Å². The molecule has 0 bridgehead atoms. The van der Waals surface area contributed by atoms with Crippen LogP contribution in [0.5, 0.6) is 0 Å². The van der Waals surface area contributed by atoms with E-state index in [0.29, 0.717) is 0 Å². The molecule has 0 radical (unpaired) electrons. The molecule has 104 valence electrons. The van der Waals surface area contributed by atoms with Crippen molar-refractivity contribution in [3.05, 3.63) is 54.2 Å². The van der Waals surface area contributed by atoms with Crippen LogP contribution in [0.3, 0.4) is 0 Å². The molecule has 0 aliphatic carbocycles. The maximum atomic E-state index is 12.9. The van der Waals surface area contributed by atoms with Gasteiger partial charge in [0.05, 0.1) is 6.20 Å². The summed E-state index contributed by atoms with van der Waals surface area (Å²) in [6.07, 6.45) is 4.93. The Labute approximate surface area is 117 Å². The highest BCUT2D eigenvalue weighted by Crippen LogP contribution is 2.14. The molecule has 4 nitrogen and oxygen atoms in total. The number of pyridine rings is 2. The fourth-order valence-electron chi connectivity index (χ4n) is 2.44. The van der Waals surface area contributed by atoms with E-state index in [4.69, 9.17) is 0 Å². The van der Waals surface area contributed by atoms with E-state index in [-0.39, 0.29) is 5.82 Å². The monoisotopic (exact) mass is 272 g/mol. The first-order chi connectivity index (χ1) is 9.81. The van der Waals surface area contributed by atoms with E-state index in [1.54, 1.807) is 6.07 Å². The molecule has 1 saturated heterocycles. The average molecular weight is 272 g/mol. The predicted octanol–water partition coefficient (Wildman–Crippen LogP) is 1.94. The lowest BCUT2D eigenvalue weighted by atomic mass is 10.2. The molecule has 2 aromatic rings.